The number of fused-ring (bicyclic) bond motifs is 1. The smallest absolute Gasteiger partial charge is 0.141 e. The fraction of sp³-hybridized carbons (Fsp3) is 0.235. The third-order valence-corrected chi connectivity index (χ3v) is 4.71. The van der Waals surface area contributed by atoms with Crippen LogP contribution in [0.1, 0.15) is 18.5 Å². The van der Waals surface area contributed by atoms with Gasteiger partial charge in [0, 0.05) is 35.8 Å². The van der Waals surface area contributed by atoms with Crippen molar-refractivity contribution in [2.45, 2.75) is 19.3 Å². The Morgan fingerprint density at radius 2 is 2.10 bits per heavy atom. The summed E-state index contributed by atoms with van der Waals surface area (Å²) in [5, 5.41) is 2.24. The molecule has 0 spiro atoms. The first-order valence-corrected chi connectivity index (χ1v) is 7.98. The van der Waals surface area contributed by atoms with Gasteiger partial charge in [-0.2, -0.15) is 0 Å². The van der Waals surface area contributed by atoms with Crippen LogP contribution in [0.4, 0.5) is 0 Å². The number of hydrogen-bond donors (Lipinski definition) is 0. The molecular weight excluding hydrogens is 280 g/mol. The second-order valence-corrected chi connectivity index (χ2v) is 6.41. The summed E-state index contributed by atoms with van der Waals surface area (Å²) in [5.41, 5.74) is 3.88. The summed E-state index contributed by atoms with van der Waals surface area (Å²) in [6.45, 7) is 0. The van der Waals surface area contributed by atoms with E-state index in [-0.39, 0.29) is 0 Å². The van der Waals surface area contributed by atoms with Gasteiger partial charge in [0.15, 0.2) is 0 Å². The second kappa shape index (κ2) is 5.04. The Kier molecular flexibility index (Phi) is 3.04. The van der Waals surface area contributed by atoms with E-state index in [0.717, 1.165) is 39.7 Å². The Balaban J connectivity index is 1.69. The summed E-state index contributed by atoms with van der Waals surface area (Å²) in [7, 11) is 0. The van der Waals surface area contributed by atoms with E-state index >= 15 is 0 Å². The van der Waals surface area contributed by atoms with E-state index in [2.05, 4.69) is 28.2 Å². The first kappa shape index (κ1) is 12.7. The molecule has 2 aromatic heterocycles. The quantitative estimate of drug-likeness (QED) is 0.733. The average Bonchev–Trinajstić information content (AvgIpc) is 3.22. The van der Waals surface area contributed by atoms with Crippen molar-refractivity contribution < 1.29 is 4.79 Å². The van der Waals surface area contributed by atoms with Gasteiger partial charge >= 0.3 is 0 Å². The number of Topliss-reactive ketones (excluding diaryl/α,β-unsaturated/α-hetero) is 1. The maximum Gasteiger partial charge on any atom is 0.141 e. The number of hydrogen-bond acceptors (Lipinski definition) is 4. The summed E-state index contributed by atoms with van der Waals surface area (Å²) < 4.78 is 0. The van der Waals surface area contributed by atoms with Crippen molar-refractivity contribution in [2.75, 3.05) is 0 Å². The number of ketones is 1. The highest BCUT2D eigenvalue weighted by Gasteiger charge is 2.29. The molecule has 3 nitrogen and oxygen atoms in total. The number of carbonyl (C=O) groups excluding carboxylic acids is 1. The van der Waals surface area contributed by atoms with E-state index < -0.39 is 0 Å². The van der Waals surface area contributed by atoms with Gasteiger partial charge in [-0.15, -0.1) is 11.3 Å². The van der Waals surface area contributed by atoms with Crippen LogP contribution in [-0.2, 0) is 11.2 Å². The zero-order chi connectivity index (χ0) is 14.2. The monoisotopic (exact) mass is 294 g/mol. The number of rotatable bonds is 4. The predicted octanol–water partition coefficient (Wildman–Crippen LogP) is 3.88. The maximum absolute atomic E-state index is 11.9. The van der Waals surface area contributed by atoms with Gasteiger partial charge in [-0.1, -0.05) is 12.1 Å². The van der Waals surface area contributed by atoms with Crippen molar-refractivity contribution in [3.05, 3.63) is 47.9 Å². The predicted molar refractivity (Wildman–Crippen MR) is 84.3 cm³/mol. The summed E-state index contributed by atoms with van der Waals surface area (Å²) in [4.78, 5) is 21.6. The lowest BCUT2D eigenvalue weighted by Gasteiger charge is -2.04. The highest BCUT2D eigenvalue weighted by atomic mass is 32.1. The van der Waals surface area contributed by atoms with Crippen molar-refractivity contribution >= 4 is 27.9 Å². The summed E-state index contributed by atoms with van der Waals surface area (Å²) in [6, 6.07) is 8.35. The lowest BCUT2D eigenvalue weighted by molar-refractivity contribution is -0.119. The highest BCUT2D eigenvalue weighted by Crippen LogP contribution is 2.31. The number of aromatic nitrogens is 2. The van der Waals surface area contributed by atoms with E-state index in [1.807, 2.05) is 24.0 Å². The zero-order valence-corrected chi connectivity index (χ0v) is 12.3. The minimum Gasteiger partial charge on any atom is -0.299 e. The molecule has 0 bridgehead atoms. The lowest BCUT2D eigenvalue weighted by Crippen LogP contribution is -2.06. The molecule has 0 atom stereocenters. The van der Waals surface area contributed by atoms with Gasteiger partial charge in [0.2, 0.25) is 0 Å². The second-order valence-electron chi connectivity index (χ2n) is 5.52. The third kappa shape index (κ3) is 2.59. The van der Waals surface area contributed by atoms with Gasteiger partial charge in [0.05, 0.1) is 10.4 Å². The van der Waals surface area contributed by atoms with Crippen molar-refractivity contribution in [1.82, 2.24) is 9.97 Å². The molecule has 0 radical (unpaired) electrons. The molecule has 2 heterocycles. The van der Waals surface area contributed by atoms with Gasteiger partial charge in [0.1, 0.15) is 5.78 Å². The van der Waals surface area contributed by atoms with Gasteiger partial charge in [-0.05, 0) is 35.9 Å². The van der Waals surface area contributed by atoms with Crippen LogP contribution in [0.25, 0.3) is 21.2 Å². The molecule has 1 aromatic carbocycles. The van der Waals surface area contributed by atoms with E-state index in [4.69, 9.17) is 0 Å². The topological polar surface area (TPSA) is 42.9 Å². The minimum absolute atomic E-state index is 0.297. The van der Waals surface area contributed by atoms with E-state index in [1.54, 1.807) is 11.3 Å². The van der Waals surface area contributed by atoms with Gasteiger partial charge in [-0.25, -0.2) is 0 Å². The van der Waals surface area contributed by atoms with Crippen LogP contribution in [0.3, 0.4) is 0 Å². The molecule has 1 saturated carbocycles. The standard InChI is InChI=1S/C17H14N2OS/c20-16(11-1-2-11)7-15-6-14-5-12(17-9-18-10-21-17)3-4-13(14)8-19-15/h3-6,8-11H,1-2,7H2. The lowest BCUT2D eigenvalue weighted by atomic mass is 10.0. The number of carbonyl (C=O) groups is 1. The van der Waals surface area contributed by atoms with Crippen LogP contribution >= 0.6 is 11.3 Å². The van der Waals surface area contributed by atoms with Gasteiger partial charge < -0.3 is 0 Å². The molecule has 1 fully saturated rings. The van der Waals surface area contributed by atoms with Crippen LogP contribution in [-0.4, -0.2) is 15.8 Å². The fourth-order valence-corrected chi connectivity index (χ4v) is 3.14. The normalized spacial score (nSPS) is 14.5. The van der Waals surface area contributed by atoms with Crippen molar-refractivity contribution in [1.29, 1.82) is 0 Å². The largest absolute Gasteiger partial charge is 0.299 e. The number of thiazole rings is 1. The molecule has 4 rings (SSSR count). The molecule has 3 aromatic rings. The molecule has 0 aliphatic heterocycles. The Morgan fingerprint density at radius 3 is 2.86 bits per heavy atom. The summed E-state index contributed by atoms with van der Waals surface area (Å²) in [5.74, 6) is 0.631. The van der Waals surface area contributed by atoms with Crippen molar-refractivity contribution in [3.8, 4) is 10.4 Å². The number of pyridine rings is 1. The fourth-order valence-electron chi connectivity index (χ4n) is 2.52. The Hall–Kier alpha value is -2.07. The molecule has 4 heteroatoms. The Morgan fingerprint density at radius 1 is 1.19 bits per heavy atom. The molecule has 21 heavy (non-hydrogen) atoms. The van der Waals surface area contributed by atoms with Crippen molar-refractivity contribution in [2.24, 2.45) is 5.92 Å². The van der Waals surface area contributed by atoms with Crippen LogP contribution in [0.2, 0.25) is 0 Å². The minimum atomic E-state index is 0.297. The van der Waals surface area contributed by atoms with Crippen LogP contribution in [0.15, 0.2) is 42.2 Å². The molecule has 104 valence electrons. The van der Waals surface area contributed by atoms with E-state index in [9.17, 15) is 4.79 Å². The first-order chi connectivity index (χ1) is 10.3. The van der Waals surface area contributed by atoms with Crippen LogP contribution in [0.5, 0.6) is 0 Å². The van der Waals surface area contributed by atoms with Crippen LogP contribution in [0, 0.1) is 5.92 Å². The Labute approximate surface area is 126 Å². The van der Waals surface area contributed by atoms with E-state index in [0.29, 0.717) is 18.1 Å². The zero-order valence-electron chi connectivity index (χ0n) is 11.5. The van der Waals surface area contributed by atoms with Gasteiger partial charge in [-0.3, -0.25) is 14.8 Å². The summed E-state index contributed by atoms with van der Waals surface area (Å²) in [6.07, 6.45) is 6.32. The molecule has 1 aliphatic carbocycles. The average molecular weight is 294 g/mol. The Bertz CT molecular complexity index is 807. The first-order valence-electron chi connectivity index (χ1n) is 7.10. The van der Waals surface area contributed by atoms with Crippen molar-refractivity contribution in [3.63, 3.8) is 0 Å². The molecule has 0 amide bonds. The summed E-state index contributed by atoms with van der Waals surface area (Å²) >= 11 is 1.63. The molecule has 1 aliphatic rings. The number of nitrogens with zero attached hydrogens (tertiary/aromatic N) is 2. The molecular formula is C17H14N2OS. The SMILES string of the molecule is O=C(Cc1cc2cc(-c3cncs3)ccc2cn1)C1CC1. The molecule has 0 saturated heterocycles. The van der Waals surface area contributed by atoms with Crippen LogP contribution < -0.4 is 0 Å². The third-order valence-electron chi connectivity index (χ3n) is 3.88. The van der Waals surface area contributed by atoms with E-state index in [1.165, 1.54) is 0 Å². The number of benzene rings is 1. The highest BCUT2D eigenvalue weighted by molar-refractivity contribution is 7.13. The molecule has 0 N–H and O–H groups in total. The van der Waals surface area contributed by atoms with Gasteiger partial charge in [0.25, 0.3) is 0 Å². The maximum atomic E-state index is 11.9. The molecule has 0 unspecified atom stereocenters.